The van der Waals surface area contributed by atoms with E-state index in [1.807, 2.05) is 39.9 Å². The van der Waals surface area contributed by atoms with Gasteiger partial charge < -0.3 is 9.80 Å². The van der Waals surface area contributed by atoms with Gasteiger partial charge in [0.2, 0.25) is 0 Å². The van der Waals surface area contributed by atoms with Crippen molar-refractivity contribution >= 4 is 33.0 Å². The van der Waals surface area contributed by atoms with Crippen LogP contribution in [0.2, 0.25) is 5.02 Å². The van der Waals surface area contributed by atoms with Crippen molar-refractivity contribution in [3.05, 3.63) is 46.7 Å². The number of piperazine rings is 1. The van der Waals surface area contributed by atoms with Gasteiger partial charge in [0, 0.05) is 48.5 Å². The lowest BCUT2D eigenvalue weighted by Crippen LogP contribution is -2.48. The van der Waals surface area contributed by atoms with E-state index in [-0.39, 0.29) is 23.5 Å². The number of hydrogen-bond acceptors (Lipinski definition) is 5. The summed E-state index contributed by atoms with van der Waals surface area (Å²) < 4.78 is 25.7. The molecule has 1 amide bonds. The second kappa shape index (κ2) is 7.57. The van der Waals surface area contributed by atoms with Gasteiger partial charge in [-0.2, -0.15) is 5.10 Å². The zero-order valence-electron chi connectivity index (χ0n) is 16.7. The number of halogens is 1. The van der Waals surface area contributed by atoms with Crippen LogP contribution in [0.25, 0.3) is 0 Å². The van der Waals surface area contributed by atoms with Crippen molar-refractivity contribution in [3.8, 4) is 0 Å². The van der Waals surface area contributed by atoms with Gasteiger partial charge in [0.25, 0.3) is 5.91 Å². The lowest BCUT2D eigenvalue weighted by Gasteiger charge is -2.35. The summed E-state index contributed by atoms with van der Waals surface area (Å²) in [4.78, 5) is 17.2. The van der Waals surface area contributed by atoms with Crippen LogP contribution in [0.4, 0.5) is 5.69 Å². The van der Waals surface area contributed by atoms with Crippen LogP contribution in [-0.2, 0) is 9.84 Å². The van der Waals surface area contributed by atoms with Crippen LogP contribution in [0.1, 0.15) is 47.4 Å². The second-order valence-electron chi connectivity index (χ2n) is 8.49. The van der Waals surface area contributed by atoms with Crippen molar-refractivity contribution < 1.29 is 13.2 Å². The minimum absolute atomic E-state index is 0.0674. The summed E-state index contributed by atoms with van der Waals surface area (Å²) in [6.45, 7) is 2.72. The molecule has 0 unspecified atom stereocenters. The number of nitrogens with zero attached hydrogens (tertiary/aromatic N) is 4. The normalized spacial score (nSPS) is 23.7. The fourth-order valence-electron chi connectivity index (χ4n) is 4.46. The first-order valence-corrected chi connectivity index (χ1v) is 12.7. The van der Waals surface area contributed by atoms with Crippen LogP contribution in [0.5, 0.6) is 0 Å². The van der Waals surface area contributed by atoms with Crippen molar-refractivity contribution in [2.75, 3.05) is 42.6 Å². The number of anilines is 1. The molecule has 0 bridgehead atoms. The smallest absolute Gasteiger partial charge is 0.274 e. The van der Waals surface area contributed by atoms with Gasteiger partial charge in [-0.15, -0.1) is 0 Å². The van der Waals surface area contributed by atoms with Crippen LogP contribution in [-0.4, -0.2) is 66.7 Å². The average molecular weight is 449 g/mol. The molecule has 5 rings (SSSR count). The maximum absolute atomic E-state index is 13.1. The van der Waals surface area contributed by atoms with Gasteiger partial charge in [-0.05, 0) is 43.5 Å². The summed E-state index contributed by atoms with van der Waals surface area (Å²) >= 11 is 6.10. The zero-order valence-corrected chi connectivity index (χ0v) is 18.3. The lowest BCUT2D eigenvalue weighted by atomic mass is 10.2. The molecule has 1 aromatic carbocycles. The van der Waals surface area contributed by atoms with E-state index in [1.165, 1.54) is 0 Å². The Hall–Kier alpha value is -2.06. The molecular weight excluding hydrogens is 424 g/mol. The summed E-state index contributed by atoms with van der Waals surface area (Å²) in [5, 5.41) is 5.32. The highest BCUT2D eigenvalue weighted by molar-refractivity contribution is 7.91. The predicted octanol–water partition coefficient (Wildman–Crippen LogP) is 2.74. The number of amides is 1. The van der Waals surface area contributed by atoms with Crippen LogP contribution >= 0.6 is 11.6 Å². The highest BCUT2D eigenvalue weighted by Crippen LogP contribution is 2.42. The number of sulfone groups is 1. The Balaban J connectivity index is 1.30. The second-order valence-corrected chi connectivity index (χ2v) is 11.2. The highest BCUT2D eigenvalue weighted by Gasteiger charge is 2.36. The Morgan fingerprint density at radius 2 is 1.83 bits per heavy atom. The molecule has 2 saturated heterocycles. The Labute approximate surface area is 181 Å². The van der Waals surface area contributed by atoms with Gasteiger partial charge in [-0.3, -0.25) is 9.48 Å². The highest BCUT2D eigenvalue weighted by atomic mass is 35.5. The Kier molecular flexibility index (Phi) is 5.01. The van der Waals surface area contributed by atoms with Gasteiger partial charge in [-0.1, -0.05) is 17.7 Å². The van der Waals surface area contributed by atoms with E-state index in [9.17, 15) is 13.2 Å². The molecule has 0 spiro atoms. The van der Waals surface area contributed by atoms with E-state index >= 15 is 0 Å². The molecule has 30 heavy (non-hydrogen) atoms. The van der Waals surface area contributed by atoms with Gasteiger partial charge in [0.05, 0.1) is 17.5 Å². The van der Waals surface area contributed by atoms with Gasteiger partial charge in [0.15, 0.2) is 15.5 Å². The average Bonchev–Trinajstić information content (AvgIpc) is 3.38. The number of carbonyl (C=O) groups is 1. The third-order valence-corrected chi connectivity index (χ3v) is 8.26. The SMILES string of the molecule is O=C(c1cc(C2CC2)n([C@@H]2CCS(=O)(=O)C2)n1)N1CCN(c2cccc(Cl)c2)CC1. The largest absolute Gasteiger partial charge is 0.368 e. The van der Waals surface area contributed by atoms with Crippen LogP contribution in [0.3, 0.4) is 0 Å². The molecule has 160 valence electrons. The van der Waals surface area contributed by atoms with E-state index in [0.717, 1.165) is 37.3 Å². The molecule has 1 atom stereocenters. The number of hydrogen-bond donors (Lipinski definition) is 0. The standard InChI is InChI=1S/C21H25ClN4O3S/c22-16-2-1-3-17(12-16)24-7-9-25(10-8-24)21(27)19-13-20(15-4-5-15)26(23-19)18-6-11-30(28,29)14-18/h1-3,12-13,15,18H,4-11,14H2/t18-/m1/s1. The molecule has 9 heteroatoms. The first kappa shape index (κ1) is 19.9. The molecule has 2 aliphatic heterocycles. The third kappa shape index (κ3) is 3.95. The van der Waals surface area contributed by atoms with E-state index in [2.05, 4.69) is 10.00 Å². The van der Waals surface area contributed by atoms with Crippen molar-refractivity contribution in [2.24, 2.45) is 0 Å². The Morgan fingerprint density at radius 3 is 2.47 bits per heavy atom. The minimum Gasteiger partial charge on any atom is -0.368 e. The molecule has 3 fully saturated rings. The molecule has 1 aromatic heterocycles. The van der Waals surface area contributed by atoms with Gasteiger partial charge >= 0.3 is 0 Å². The summed E-state index contributed by atoms with van der Waals surface area (Å²) in [6.07, 6.45) is 2.74. The van der Waals surface area contributed by atoms with Gasteiger partial charge in [0.1, 0.15) is 0 Å². The predicted molar refractivity (Wildman–Crippen MR) is 116 cm³/mol. The van der Waals surface area contributed by atoms with Crippen molar-refractivity contribution in [3.63, 3.8) is 0 Å². The molecule has 0 radical (unpaired) electrons. The lowest BCUT2D eigenvalue weighted by molar-refractivity contribution is 0.0739. The summed E-state index contributed by atoms with van der Waals surface area (Å²) in [5.74, 6) is 0.667. The number of benzene rings is 1. The van der Waals surface area contributed by atoms with Crippen LogP contribution in [0, 0.1) is 0 Å². The minimum atomic E-state index is -3.00. The monoisotopic (exact) mass is 448 g/mol. The van der Waals surface area contributed by atoms with Crippen molar-refractivity contribution in [1.82, 2.24) is 14.7 Å². The molecule has 0 N–H and O–H groups in total. The quantitative estimate of drug-likeness (QED) is 0.718. The summed E-state index contributed by atoms with van der Waals surface area (Å²) in [7, 11) is -3.00. The zero-order chi connectivity index (χ0) is 20.9. The topological polar surface area (TPSA) is 75.5 Å². The third-order valence-electron chi connectivity index (χ3n) is 6.27. The first-order valence-electron chi connectivity index (χ1n) is 10.5. The van der Waals surface area contributed by atoms with E-state index in [1.54, 1.807) is 0 Å². The number of aromatic nitrogens is 2. The van der Waals surface area contributed by atoms with Crippen molar-refractivity contribution in [2.45, 2.75) is 31.2 Å². The van der Waals surface area contributed by atoms with E-state index in [0.29, 0.717) is 36.1 Å². The number of rotatable bonds is 4. The Bertz CT molecular complexity index is 1070. The molecule has 1 saturated carbocycles. The molecular formula is C21H25ClN4O3S. The van der Waals surface area contributed by atoms with Crippen LogP contribution < -0.4 is 4.90 Å². The van der Waals surface area contributed by atoms with E-state index < -0.39 is 9.84 Å². The maximum Gasteiger partial charge on any atom is 0.274 e. The molecule has 7 nitrogen and oxygen atoms in total. The van der Waals surface area contributed by atoms with Gasteiger partial charge in [-0.25, -0.2) is 8.42 Å². The Morgan fingerprint density at radius 1 is 1.07 bits per heavy atom. The summed E-state index contributed by atoms with van der Waals surface area (Å²) in [6, 6.07) is 9.51. The van der Waals surface area contributed by atoms with Crippen LogP contribution in [0.15, 0.2) is 30.3 Å². The van der Waals surface area contributed by atoms with E-state index in [4.69, 9.17) is 11.6 Å². The number of carbonyl (C=O) groups excluding carboxylic acids is 1. The molecule has 1 aliphatic carbocycles. The van der Waals surface area contributed by atoms with Crippen molar-refractivity contribution in [1.29, 1.82) is 0 Å². The summed E-state index contributed by atoms with van der Waals surface area (Å²) in [5.41, 5.74) is 2.53. The first-order chi connectivity index (χ1) is 14.4. The fraction of sp³-hybridized carbons (Fsp3) is 0.524. The fourth-order valence-corrected chi connectivity index (χ4v) is 6.34. The molecule has 2 aromatic rings. The maximum atomic E-state index is 13.1. The molecule has 3 aliphatic rings. The molecule has 3 heterocycles.